The second-order valence-electron chi connectivity index (χ2n) is 4.29. The summed E-state index contributed by atoms with van der Waals surface area (Å²) in [5.74, 6) is 0. The summed E-state index contributed by atoms with van der Waals surface area (Å²) in [6.07, 6.45) is 0. The highest BCUT2D eigenvalue weighted by Gasteiger charge is 2.16. The van der Waals surface area contributed by atoms with E-state index in [9.17, 15) is 8.42 Å². The van der Waals surface area contributed by atoms with Gasteiger partial charge in [-0.05, 0) is 36.8 Å². The maximum atomic E-state index is 12.3. The van der Waals surface area contributed by atoms with Crippen LogP contribution in [0.5, 0.6) is 0 Å². The summed E-state index contributed by atoms with van der Waals surface area (Å²) in [5.41, 5.74) is 7.22. The number of sulfonamides is 1. The van der Waals surface area contributed by atoms with Crippen molar-refractivity contribution in [3.05, 3.63) is 53.6 Å². The van der Waals surface area contributed by atoms with E-state index in [1.165, 1.54) is 12.1 Å². The number of hydrogen-bond acceptors (Lipinski definition) is 4. The normalized spacial score (nSPS) is 10.8. The molecule has 0 unspecified atom stereocenters. The fraction of sp³-hybridized carbons (Fsp3) is 0.0714. The fourth-order valence-corrected chi connectivity index (χ4v) is 2.91. The molecule has 0 saturated heterocycles. The van der Waals surface area contributed by atoms with Crippen molar-refractivity contribution in [3.8, 4) is 6.07 Å². The maximum Gasteiger partial charge on any atom is 0.262 e. The van der Waals surface area contributed by atoms with Crippen LogP contribution in [-0.2, 0) is 10.0 Å². The Morgan fingerprint density at radius 2 is 1.90 bits per heavy atom. The SMILES string of the molecule is Cc1cccc(NS(=O)(=O)c2cccc(N)c2)c1C#N. The first kappa shape index (κ1) is 13.9. The number of nitriles is 1. The van der Waals surface area contributed by atoms with Crippen molar-refractivity contribution in [1.29, 1.82) is 5.26 Å². The van der Waals surface area contributed by atoms with E-state index < -0.39 is 10.0 Å². The van der Waals surface area contributed by atoms with Gasteiger partial charge in [0, 0.05) is 5.69 Å². The molecule has 0 heterocycles. The summed E-state index contributed by atoms with van der Waals surface area (Å²) in [6, 6.07) is 13.0. The maximum absolute atomic E-state index is 12.3. The van der Waals surface area contributed by atoms with E-state index in [-0.39, 0.29) is 10.6 Å². The lowest BCUT2D eigenvalue weighted by Crippen LogP contribution is -2.14. The van der Waals surface area contributed by atoms with Crippen molar-refractivity contribution in [2.45, 2.75) is 11.8 Å². The van der Waals surface area contributed by atoms with E-state index >= 15 is 0 Å². The Morgan fingerprint density at radius 1 is 1.20 bits per heavy atom. The molecule has 5 nitrogen and oxygen atoms in total. The van der Waals surface area contributed by atoms with Gasteiger partial charge in [-0.1, -0.05) is 18.2 Å². The second kappa shape index (κ2) is 5.23. The summed E-state index contributed by atoms with van der Waals surface area (Å²) in [4.78, 5) is 0.0582. The molecule has 0 radical (unpaired) electrons. The molecule has 0 saturated carbocycles. The lowest BCUT2D eigenvalue weighted by molar-refractivity contribution is 0.601. The molecule has 3 N–H and O–H groups in total. The number of hydrogen-bond donors (Lipinski definition) is 2. The van der Waals surface area contributed by atoms with Crippen LogP contribution in [0.3, 0.4) is 0 Å². The van der Waals surface area contributed by atoms with E-state index in [0.717, 1.165) is 0 Å². The molecule has 0 aliphatic heterocycles. The monoisotopic (exact) mass is 287 g/mol. The molecule has 2 rings (SSSR count). The number of nitrogens with zero attached hydrogens (tertiary/aromatic N) is 1. The Hall–Kier alpha value is -2.52. The zero-order valence-electron chi connectivity index (χ0n) is 10.8. The van der Waals surface area contributed by atoms with Gasteiger partial charge in [0.2, 0.25) is 0 Å². The van der Waals surface area contributed by atoms with Gasteiger partial charge in [-0.25, -0.2) is 8.42 Å². The first-order valence-electron chi connectivity index (χ1n) is 5.82. The van der Waals surface area contributed by atoms with Gasteiger partial charge in [-0.15, -0.1) is 0 Å². The Labute approximate surface area is 117 Å². The second-order valence-corrected chi connectivity index (χ2v) is 5.97. The van der Waals surface area contributed by atoms with Gasteiger partial charge in [0.1, 0.15) is 6.07 Å². The van der Waals surface area contributed by atoms with Crippen LogP contribution in [-0.4, -0.2) is 8.42 Å². The number of nitrogens with one attached hydrogen (secondary N) is 1. The van der Waals surface area contributed by atoms with Crippen LogP contribution in [0, 0.1) is 18.3 Å². The highest BCUT2D eigenvalue weighted by atomic mass is 32.2. The Kier molecular flexibility index (Phi) is 3.63. The first-order valence-corrected chi connectivity index (χ1v) is 7.30. The van der Waals surface area contributed by atoms with Gasteiger partial charge in [0.15, 0.2) is 0 Å². The number of rotatable bonds is 3. The standard InChI is InChI=1S/C14H13N3O2S/c1-10-4-2-7-14(13(10)9-15)17-20(18,19)12-6-3-5-11(16)8-12/h2-8,17H,16H2,1H3. The minimum Gasteiger partial charge on any atom is -0.399 e. The highest BCUT2D eigenvalue weighted by Crippen LogP contribution is 2.22. The van der Waals surface area contributed by atoms with Crippen molar-refractivity contribution in [1.82, 2.24) is 0 Å². The predicted octanol–water partition coefficient (Wildman–Crippen LogP) is 2.25. The predicted molar refractivity (Wildman–Crippen MR) is 77.6 cm³/mol. The fourth-order valence-electron chi connectivity index (χ4n) is 1.79. The molecule has 0 spiro atoms. The van der Waals surface area contributed by atoms with E-state index in [1.54, 1.807) is 37.3 Å². The van der Waals surface area contributed by atoms with Crippen molar-refractivity contribution in [2.24, 2.45) is 0 Å². The third-order valence-corrected chi connectivity index (χ3v) is 4.16. The van der Waals surface area contributed by atoms with E-state index in [2.05, 4.69) is 4.72 Å². The summed E-state index contributed by atoms with van der Waals surface area (Å²) in [7, 11) is -3.77. The number of aryl methyl sites for hydroxylation is 1. The average molecular weight is 287 g/mol. The molecule has 0 amide bonds. The van der Waals surface area contributed by atoms with Gasteiger partial charge >= 0.3 is 0 Å². The largest absolute Gasteiger partial charge is 0.399 e. The molecule has 0 aliphatic rings. The molecule has 102 valence electrons. The summed E-state index contributed by atoms with van der Waals surface area (Å²) in [6.45, 7) is 1.75. The van der Waals surface area contributed by atoms with Crippen molar-refractivity contribution in [2.75, 3.05) is 10.5 Å². The Balaban J connectivity index is 2.45. The van der Waals surface area contributed by atoms with Crippen LogP contribution < -0.4 is 10.5 Å². The van der Waals surface area contributed by atoms with Gasteiger partial charge in [0.05, 0.1) is 16.1 Å². The Morgan fingerprint density at radius 3 is 2.55 bits per heavy atom. The summed E-state index contributed by atoms with van der Waals surface area (Å²) < 4.78 is 26.9. The number of benzene rings is 2. The molecule has 2 aromatic carbocycles. The van der Waals surface area contributed by atoms with Crippen molar-refractivity contribution in [3.63, 3.8) is 0 Å². The van der Waals surface area contributed by atoms with Crippen LogP contribution in [0.1, 0.15) is 11.1 Å². The Bertz CT molecular complexity index is 792. The molecule has 0 atom stereocenters. The third-order valence-electron chi connectivity index (χ3n) is 2.80. The summed E-state index contributed by atoms with van der Waals surface area (Å²) in [5, 5.41) is 9.11. The van der Waals surface area contributed by atoms with Crippen LogP contribution in [0.15, 0.2) is 47.4 Å². The van der Waals surface area contributed by atoms with Crippen LogP contribution >= 0.6 is 0 Å². The van der Waals surface area contributed by atoms with Gasteiger partial charge in [0.25, 0.3) is 10.0 Å². The van der Waals surface area contributed by atoms with Crippen LogP contribution in [0.2, 0.25) is 0 Å². The number of nitrogens with two attached hydrogens (primary N) is 1. The van der Waals surface area contributed by atoms with Gasteiger partial charge in [-0.3, -0.25) is 4.72 Å². The van der Waals surface area contributed by atoms with Gasteiger partial charge < -0.3 is 5.73 Å². The van der Waals surface area contributed by atoms with Crippen LogP contribution in [0.25, 0.3) is 0 Å². The highest BCUT2D eigenvalue weighted by molar-refractivity contribution is 7.92. The quantitative estimate of drug-likeness (QED) is 0.846. The van der Waals surface area contributed by atoms with E-state index in [4.69, 9.17) is 11.0 Å². The number of anilines is 2. The zero-order chi connectivity index (χ0) is 14.8. The molecule has 2 aromatic rings. The van der Waals surface area contributed by atoms with Crippen molar-refractivity contribution < 1.29 is 8.42 Å². The van der Waals surface area contributed by atoms with Gasteiger partial charge in [-0.2, -0.15) is 5.26 Å². The molecule has 6 heteroatoms. The molecule has 0 bridgehead atoms. The molecule has 0 fully saturated rings. The lowest BCUT2D eigenvalue weighted by Gasteiger charge is -2.11. The van der Waals surface area contributed by atoms with Crippen molar-refractivity contribution >= 4 is 21.4 Å². The minimum absolute atomic E-state index is 0.0582. The summed E-state index contributed by atoms with van der Waals surface area (Å²) >= 11 is 0. The first-order chi connectivity index (χ1) is 9.44. The molecule has 20 heavy (non-hydrogen) atoms. The smallest absolute Gasteiger partial charge is 0.262 e. The molecule has 0 aliphatic carbocycles. The molecular formula is C14H13N3O2S. The molecular weight excluding hydrogens is 274 g/mol. The van der Waals surface area contributed by atoms with E-state index in [1.807, 2.05) is 6.07 Å². The van der Waals surface area contributed by atoms with E-state index in [0.29, 0.717) is 16.8 Å². The zero-order valence-corrected chi connectivity index (χ0v) is 11.6. The minimum atomic E-state index is -3.77. The van der Waals surface area contributed by atoms with Crippen LogP contribution in [0.4, 0.5) is 11.4 Å². The average Bonchev–Trinajstić information content (AvgIpc) is 2.38. The number of nitrogen functional groups attached to an aromatic ring is 1. The topological polar surface area (TPSA) is 96.0 Å². The lowest BCUT2D eigenvalue weighted by atomic mass is 10.1. The third kappa shape index (κ3) is 2.73. The molecule has 0 aromatic heterocycles.